The second-order valence-electron chi connectivity index (χ2n) is 0.495. The first-order valence-electron chi connectivity index (χ1n) is 1.35. The van der Waals surface area contributed by atoms with Gasteiger partial charge in [-0.15, -0.1) is 0 Å². The molecule has 0 heterocycles. The van der Waals surface area contributed by atoms with Crippen molar-refractivity contribution < 1.29 is 39.8 Å². The van der Waals surface area contributed by atoms with E-state index in [0.717, 1.165) is 0 Å². The van der Waals surface area contributed by atoms with Crippen LogP contribution < -0.4 is 0 Å². The van der Waals surface area contributed by atoms with E-state index in [2.05, 4.69) is 0 Å². The van der Waals surface area contributed by atoms with Crippen molar-refractivity contribution in [1.82, 2.24) is 0 Å². The van der Waals surface area contributed by atoms with Crippen LogP contribution in [0, 0.1) is 30.6 Å². The molecular weight excluding hydrogens is 313 g/mol. The molecule has 0 fully saturated rings. The summed E-state index contributed by atoms with van der Waals surface area (Å²) >= 11 is 0.382. The van der Waals surface area contributed by atoms with Crippen molar-refractivity contribution >= 4 is 20.3 Å². The molecule has 0 aromatic rings. The van der Waals surface area contributed by atoms with Gasteiger partial charge in [-0.25, -0.2) is 0 Å². The summed E-state index contributed by atoms with van der Waals surface area (Å²) in [4.78, 5) is 16.5. The van der Waals surface area contributed by atoms with Crippen molar-refractivity contribution in [2.75, 3.05) is 0 Å². The molecule has 12 heavy (non-hydrogen) atoms. The maximum absolute atomic E-state index is 8.25. The molecule has 0 aliphatic heterocycles. The van der Waals surface area contributed by atoms with Crippen molar-refractivity contribution in [2.45, 2.75) is 0 Å². The third-order valence-electron chi connectivity index (χ3n) is 0. The molecule has 0 amide bonds. The molecule has 0 atom stereocenters. The van der Waals surface area contributed by atoms with Crippen molar-refractivity contribution in [2.24, 2.45) is 0 Å². The molecule has 12 heteroatoms. The van der Waals surface area contributed by atoms with Crippen LogP contribution in [0.5, 0.6) is 0 Å². The Morgan fingerprint density at radius 1 is 0.917 bits per heavy atom. The van der Waals surface area contributed by atoms with E-state index in [-0.39, 0.29) is 16.8 Å². The molecule has 0 rings (SSSR count). The van der Waals surface area contributed by atoms with Gasteiger partial charge < -0.3 is 30.6 Å². The van der Waals surface area contributed by atoms with Gasteiger partial charge in [0.2, 0.25) is 0 Å². The Balaban J connectivity index is -0.0000000389. The number of hydrogen-bond acceptors (Lipinski definition) is 6. The topological polar surface area (TPSA) is 132 Å². The number of nitrogens with zero attached hydrogens (tertiary/aromatic N) is 2. The minimum absolute atomic E-state index is 0. The summed E-state index contributed by atoms with van der Waals surface area (Å²) in [5.41, 5.74) is 0. The van der Waals surface area contributed by atoms with Crippen LogP contribution in [0.1, 0.15) is 0 Å². The fourth-order valence-electron chi connectivity index (χ4n) is 0. The molecule has 78 valence electrons. The molecule has 0 N–H and O–H groups in total. The maximum Gasteiger partial charge on any atom is 2.00 e. The van der Waals surface area contributed by atoms with Gasteiger partial charge >= 0.3 is 50.0 Å². The minimum atomic E-state index is -1.75. The fourth-order valence-corrected chi connectivity index (χ4v) is 0. The zero-order valence-corrected chi connectivity index (χ0v) is 8.36. The van der Waals surface area contributed by atoms with Gasteiger partial charge in [-0.2, -0.15) is 0 Å². The molecule has 1 radical (unpaired) electrons. The molecular formula is Cl2Co2N2O6. The number of hydrogen-bond donors (Lipinski definition) is 0. The number of rotatable bonds is 0. The van der Waals surface area contributed by atoms with E-state index >= 15 is 0 Å². The Bertz CT molecular complexity index is 89.7. The van der Waals surface area contributed by atoms with Crippen LogP contribution in [-0.4, -0.2) is 10.2 Å². The zero-order valence-electron chi connectivity index (χ0n) is 4.77. The molecule has 0 aromatic heterocycles. The average Bonchev–Trinajstić information content (AvgIpc) is 1.60. The third kappa shape index (κ3) is 16400000. The SMILES string of the molecule is O=[N+]([O-])[O-].O=[N+]([O-])[O-].[Cl][Co][Cl].[Co+2]. The molecule has 8 nitrogen and oxygen atoms in total. The van der Waals surface area contributed by atoms with E-state index in [1.807, 2.05) is 0 Å². The van der Waals surface area contributed by atoms with Crippen molar-refractivity contribution in [3.8, 4) is 0 Å². The second-order valence-corrected chi connectivity index (χ2v) is 2.21. The second kappa shape index (κ2) is 22.4. The summed E-state index contributed by atoms with van der Waals surface area (Å²) in [6.07, 6.45) is 0. The number of halogens is 2. The monoisotopic (exact) mass is 312 g/mol. The van der Waals surface area contributed by atoms with Crippen LogP contribution in [0.15, 0.2) is 0 Å². The fraction of sp³-hybridized carbons (Fsp3) is 0. The Morgan fingerprint density at radius 2 is 0.917 bits per heavy atom. The van der Waals surface area contributed by atoms with Crippen molar-refractivity contribution in [3.05, 3.63) is 30.6 Å². The van der Waals surface area contributed by atoms with Crippen molar-refractivity contribution in [1.29, 1.82) is 0 Å². The first-order valence-corrected chi connectivity index (χ1v) is 4.21. The summed E-state index contributed by atoms with van der Waals surface area (Å²) in [5.74, 6) is 0. The van der Waals surface area contributed by atoms with Crippen LogP contribution >= 0.6 is 20.3 Å². The van der Waals surface area contributed by atoms with Gasteiger partial charge in [-0.3, -0.25) is 0 Å². The van der Waals surface area contributed by atoms with Crippen LogP contribution in [0.25, 0.3) is 0 Å². The normalized spacial score (nSPS) is 5.83. The van der Waals surface area contributed by atoms with E-state index < -0.39 is 10.2 Å². The molecule has 0 spiro atoms. The van der Waals surface area contributed by atoms with Gasteiger partial charge in [0.05, 0.1) is 10.2 Å². The third-order valence-corrected chi connectivity index (χ3v) is 0. The molecule has 0 aromatic carbocycles. The van der Waals surface area contributed by atoms with Crippen LogP contribution in [0.4, 0.5) is 0 Å². The van der Waals surface area contributed by atoms with Gasteiger partial charge in [0.25, 0.3) is 0 Å². The zero-order chi connectivity index (χ0) is 9.86. The Labute approximate surface area is 90.7 Å². The molecule has 0 unspecified atom stereocenters. The quantitative estimate of drug-likeness (QED) is 0.482. The summed E-state index contributed by atoms with van der Waals surface area (Å²) in [6.45, 7) is 0. The standard InChI is InChI=1S/2ClH.2Co.2NO3/c;;;;2*2-1(3)4/h2*1H;;;;/q;;2*+2;2*-1/p-2. The van der Waals surface area contributed by atoms with Crippen LogP contribution in [0.2, 0.25) is 0 Å². The minimum Gasteiger partial charge on any atom is 2.00 e. The molecule has 0 saturated carbocycles. The van der Waals surface area contributed by atoms with Crippen LogP contribution in [-0.2, 0) is 29.7 Å². The smallest absolute Gasteiger partial charge is 2.00 e. The summed E-state index contributed by atoms with van der Waals surface area (Å²) in [5, 5.41) is 29.5. The molecule has 0 aliphatic rings. The van der Waals surface area contributed by atoms with E-state index in [1.165, 1.54) is 0 Å². The average molecular weight is 313 g/mol. The summed E-state index contributed by atoms with van der Waals surface area (Å²) in [6, 6.07) is 0. The molecule has 0 saturated heterocycles. The van der Waals surface area contributed by atoms with Gasteiger partial charge in [0, 0.05) is 0 Å². The maximum atomic E-state index is 8.25. The van der Waals surface area contributed by atoms with Gasteiger partial charge in [-0.05, 0) is 0 Å². The Morgan fingerprint density at radius 3 is 0.917 bits per heavy atom. The van der Waals surface area contributed by atoms with E-state index in [9.17, 15) is 0 Å². The van der Waals surface area contributed by atoms with Crippen LogP contribution in [0.3, 0.4) is 0 Å². The predicted molar refractivity (Wildman–Crippen MR) is 32.4 cm³/mol. The first-order chi connectivity index (χ1) is 4.88. The van der Waals surface area contributed by atoms with Gasteiger partial charge in [0.15, 0.2) is 0 Å². The predicted octanol–water partition coefficient (Wildman–Crippen LogP) is 0.896. The van der Waals surface area contributed by atoms with E-state index in [1.54, 1.807) is 0 Å². The summed E-state index contributed by atoms with van der Waals surface area (Å²) in [7, 11) is 9.47. The van der Waals surface area contributed by atoms with Gasteiger partial charge in [-0.1, -0.05) is 0 Å². The molecule has 0 aliphatic carbocycles. The summed E-state index contributed by atoms with van der Waals surface area (Å²) < 4.78 is 0. The first kappa shape index (κ1) is 22.7. The Hall–Kier alpha value is -0.00701. The Kier molecular flexibility index (Phi) is 42.4. The van der Waals surface area contributed by atoms with Gasteiger partial charge in [0.1, 0.15) is 0 Å². The molecule has 0 bridgehead atoms. The van der Waals surface area contributed by atoms with E-state index in [0.29, 0.717) is 12.9 Å². The largest absolute Gasteiger partial charge is 2.00 e. The van der Waals surface area contributed by atoms with Crippen molar-refractivity contribution in [3.63, 3.8) is 0 Å². The van der Waals surface area contributed by atoms with E-state index in [4.69, 9.17) is 50.9 Å².